The molecule has 3 rings (SSSR count). The number of aryl methyl sites for hydroxylation is 1. The first-order valence-electron chi connectivity index (χ1n) is 8.90. The van der Waals surface area contributed by atoms with Gasteiger partial charge in [-0.25, -0.2) is 0 Å². The molecule has 1 fully saturated rings. The molecule has 1 aliphatic heterocycles. The van der Waals surface area contributed by atoms with Gasteiger partial charge in [-0.1, -0.05) is 6.42 Å². The summed E-state index contributed by atoms with van der Waals surface area (Å²) in [6.07, 6.45) is 8.37. The summed E-state index contributed by atoms with van der Waals surface area (Å²) >= 11 is 0. The van der Waals surface area contributed by atoms with E-state index in [1.807, 2.05) is 41.2 Å². The van der Waals surface area contributed by atoms with Crippen molar-refractivity contribution in [2.45, 2.75) is 38.3 Å². The average Bonchev–Trinajstić information content (AvgIpc) is 3.15. The van der Waals surface area contributed by atoms with Crippen molar-refractivity contribution in [2.24, 2.45) is 0 Å². The molecule has 1 saturated heterocycles. The van der Waals surface area contributed by atoms with Gasteiger partial charge in [-0.3, -0.25) is 14.4 Å². The van der Waals surface area contributed by atoms with Crippen molar-refractivity contribution in [2.75, 3.05) is 25.5 Å². The van der Waals surface area contributed by atoms with Gasteiger partial charge in [-0.2, -0.15) is 5.10 Å². The van der Waals surface area contributed by atoms with Crippen LogP contribution in [0.5, 0.6) is 5.75 Å². The molecule has 2 heterocycles. The monoisotopic (exact) mass is 342 g/mol. The number of anilines is 1. The molecule has 0 saturated carbocycles. The Morgan fingerprint density at radius 1 is 1.32 bits per heavy atom. The molecule has 1 atom stereocenters. The van der Waals surface area contributed by atoms with E-state index in [2.05, 4.69) is 15.3 Å². The number of hydrogen-bond acceptors (Lipinski definition) is 4. The van der Waals surface area contributed by atoms with Gasteiger partial charge in [0.2, 0.25) is 5.91 Å². The lowest BCUT2D eigenvalue weighted by Gasteiger charge is -2.35. The van der Waals surface area contributed by atoms with Gasteiger partial charge < -0.3 is 10.1 Å². The van der Waals surface area contributed by atoms with Crippen molar-refractivity contribution in [3.63, 3.8) is 0 Å². The first kappa shape index (κ1) is 17.5. The van der Waals surface area contributed by atoms with Crippen LogP contribution in [0.2, 0.25) is 0 Å². The molecule has 0 radical (unpaired) electrons. The first-order valence-corrected chi connectivity index (χ1v) is 8.90. The highest BCUT2D eigenvalue weighted by Crippen LogP contribution is 2.20. The lowest BCUT2D eigenvalue weighted by Crippen LogP contribution is -2.44. The number of benzene rings is 1. The Balaban J connectivity index is 1.52. The number of hydrogen-bond donors (Lipinski definition) is 1. The van der Waals surface area contributed by atoms with Crippen molar-refractivity contribution in [3.8, 4) is 5.75 Å². The van der Waals surface area contributed by atoms with Crippen molar-refractivity contribution < 1.29 is 9.53 Å². The number of nitrogens with one attached hydrogen (secondary N) is 1. The zero-order valence-electron chi connectivity index (χ0n) is 14.7. The molecule has 1 N–H and O–H groups in total. The molecule has 1 aliphatic rings. The van der Waals surface area contributed by atoms with E-state index < -0.39 is 0 Å². The van der Waals surface area contributed by atoms with Crippen LogP contribution in [0.3, 0.4) is 0 Å². The average molecular weight is 342 g/mol. The Bertz CT molecular complexity index is 655. The number of ether oxygens (including phenoxy) is 1. The van der Waals surface area contributed by atoms with Crippen LogP contribution in [0.25, 0.3) is 0 Å². The second-order valence-corrected chi connectivity index (χ2v) is 6.45. The number of rotatable bonds is 7. The second kappa shape index (κ2) is 8.67. The Kier molecular flexibility index (Phi) is 6.06. The topological polar surface area (TPSA) is 59.4 Å². The van der Waals surface area contributed by atoms with Crippen molar-refractivity contribution in [3.05, 3.63) is 42.7 Å². The molecular weight excluding hydrogens is 316 g/mol. The fourth-order valence-electron chi connectivity index (χ4n) is 3.37. The Morgan fingerprint density at radius 3 is 2.88 bits per heavy atom. The van der Waals surface area contributed by atoms with Gasteiger partial charge >= 0.3 is 0 Å². The predicted molar refractivity (Wildman–Crippen MR) is 97.7 cm³/mol. The quantitative estimate of drug-likeness (QED) is 0.840. The highest BCUT2D eigenvalue weighted by atomic mass is 16.5. The van der Waals surface area contributed by atoms with Crippen LogP contribution in [-0.4, -0.2) is 46.8 Å². The molecule has 1 amide bonds. The highest BCUT2D eigenvalue weighted by molar-refractivity contribution is 5.92. The van der Waals surface area contributed by atoms with Gasteiger partial charge in [0.1, 0.15) is 5.75 Å². The largest absolute Gasteiger partial charge is 0.497 e. The predicted octanol–water partition coefficient (Wildman–Crippen LogP) is 2.78. The van der Waals surface area contributed by atoms with E-state index >= 15 is 0 Å². The van der Waals surface area contributed by atoms with Gasteiger partial charge in [0.15, 0.2) is 0 Å². The van der Waals surface area contributed by atoms with Crippen LogP contribution in [0, 0.1) is 0 Å². The minimum absolute atomic E-state index is 0.0381. The van der Waals surface area contributed by atoms with Gasteiger partial charge in [-0.05, 0) is 56.1 Å². The van der Waals surface area contributed by atoms with Crippen molar-refractivity contribution in [1.29, 1.82) is 0 Å². The van der Waals surface area contributed by atoms with Gasteiger partial charge in [-0.15, -0.1) is 0 Å². The van der Waals surface area contributed by atoms with Crippen LogP contribution in [0.1, 0.15) is 25.7 Å². The second-order valence-electron chi connectivity index (χ2n) is 6.45. The van der Waals surface area contributed by atoms with E-state index in [-0.39, 0.29) is 5.91 Å². The number of nitrogens with zero attached hydrogens (tertiary/aromatic N) is 3. The maximum atomic E-state index is 12.4. The fraction of sp³-hybridized carbons (Fsp3) is 0.474. The standard InChI is InChI=1S/C19H26N4O2/c1-25-18-8-6-16(7-9-18)21-19(24)15-22-12-3-2-5-17(22)10-14-23-13-4-11-20-23/h4,6-9,11,13,17H,2-3,5,10,12,14-15H2,1H3,(H,21,24)/t17-/m0/s1. The van der Waals surface area contributed by atoms with Gasteiger partial charge in [0.05, 0.1) is 13.7 Å². The minimum Gasteiger partial charge on any atom is -0.497 e. The molecule has 1 aromatic heterocycles. The summed E-state index contributed by atoms with van der Waals surface area (Å²) in [5.41, 5.74) is 0.802. The summed E-state index contributed by atoms with van der Waals surface area (Å²) in [6.45, 7) is 2.32. The Hall–Kier alpha value is -2.34. The molecule has 6 nitrogen and oxygen atoms in total. The summed E-state index contributed by atoms with van der Waals surface area (Å²) < 4.78 is 7.10. The molecule has 6 heteroatoms. The normalized spacial score (nSPS) is 18.0. The minimum atomic E-state index is 0.0381. The van der Waals surface area contributed by atoms with E-state index in [0.29, 0.717) is 12.6 Å². The molecule has 1 aromatic carbocycles. The summed E-state index contributed by atoms with van der Waals surface area (Å²) in [7, 11) is 1.63. The molecule has 0 unspecified atom stereocenters. The van der Waals surface area contributed by atoms with Crippen LogP contribution >= 0.6 is 0 Å². The lowest BCUT2D eigenvalue weighted by atomic mass is 9.99. The van der Waals surface area contributed by atoms with E-state index in [9.17, 15) is 4.79 Å². The summed E-state index contributed by atoms with van der Waals surface area (Å²) in [4.78, 5) is 14.7. The number of piperidine rings is 1. The number of aromatic nitrogens is 2. The smallest absolute Gasteiger partial charge is 0.238 e. The van der Waals surface area contributed by atoms with Crippen LogP contribution in [-0.2, 0) is 11.3 Å². The maximum absolute atomic E-state index is 12.4. The summed E-state index contributed by atoms with van der Waals surface area (Å²) in [5, 5.41) is 7.24. The van der Waals surface area contributed by atoms with Crippen LogP contribution in [0.15, 0.2) is 42.7 Å². The molecule has 0 bridgehead atoms. The number of carbonyl (C=O) groups excluding carboxylic acids is 1. The Morgan fingerprint density at radius 2 is 2.16 bits per heavy atom. The maximum Gasteiger partial charge on any atom is 0.238 e. The van der Waals surface area contributed by atoms with Gasteiger partial charge in [0, 0.05) is 30.7 Å². The number of amides is 1. The number of methoxy groups -OCH3 is 1. The third kappa shape index (κ3) is 5.06. The zero-order valence-corrected chi connectivity index (χ0v) is 14.7. The fourth-order valence-corrected chi connectivity index (χ4v) is 3.37. The van der Waals surface area contributed by atoms with E-state index in [1.54, 1.807) is 13.3 Å². The molecule has 2 aromatic rings. The van der Waals surface area contributed by atoms with Crippen LogP contribution in [0.4, 0.5) is 5.69 Å². The van der Waals surface area contributed by atoms with E-state index in [1.165, 1.54) is 6.42 Å². The van der Waals surface area contributed by atoms with Crippen molar-refractivity contribution >= 4 is 11.6 Å². The SMILES string of the molecule is COc1ccc(NC(=O)CN2CCCC[C@H]2CCn2cccn2)cc1. The molecule has 25 heavy (non-hydrogen) atoms. The Labute approximate surface area is 148 Å². The molecular formula is C19H26N4O2. The summed E-state index contributed by atoms with van der Waals surface area (Å²) in [5.74, 6) is 0.823. The third-order valence-electron chi connectivity index (χ3n) is 4.72. The van der Waals surface area contributed by atoms with Crippen LogP contribution < -0.4 is 10.1 Å². The van der Waals surface area contributed by atoms with E-state index in [4.69, 9.17) is 4.74 Å². The zero-order chi connectivity index (χ0) is 17.5. The molecule has 134 valence electrons. The summed E-state index contributed by atoms with van der Waals surface area (Å²) in [6, 6.07) is 9.82. The van der Waals surface area contributed by atoms with E-state index in [0.717, 1.165) is 43.8 Å². The number of likely N-dealkylation sites (tertiary alicyclic amines) is 1. The third-order valence-corrected chi connectivity index (χ3v) is 4.72. The van der Waals surface area contributed by atoms with Crippen molar-refractivity contribution in [1.82, 2.24) is 14.7 Å². The first-order chi connectivity index (χ1) is 12.2. The lowest BCUT2D eigenvalue weighted by molar-refractivity contribution is -0.118. The number of carbonyl (C=O) groups is 1. The highest BCUT2D eigenvalue weighted by Gasteiger charge is 2.24. The van der Waals surface area contributed by atoms with Gasteiger partial charge in [0.25, 0.3) is 0 Å². The molecule has 0 aliphatic carbocycles. The molecule has 0 spiro atoms.